The Morgan fingerprint density at radius 2 is 1.90 bits per heavy atom. The highest BCUT2D eigenvalue weighted by Gasteiger charge is 2.09. The highest BCUT2D eigenvalue weighted by Crippen LogP contribution is 2.26. The molecule has 0 atom stereocenters. The summed E-state index contributed by atoms with van der Waals surface area (Å²) in [5.74, 6) is 0.0860. The van der Waals surface area contributed by atoms with Crippen LogP contribution in [0.4, 0.5) is 4.39 Å². The van der Waals surface area contributed by atoms with E-state index in [0.717, 1.165) is 10.9 Å². The van der Waals surface area contributed by atoms with Gasteiger partial charge >= 0.3 is 0 Å². The summed E-state index contributed by atoms with van der Waals surface area (Å²) in [5, 5.41) is 10.0. The number of halogens is 1. The topological polar surface area (TPSA) is 45.9 Å². The van der Waals surface area contributed by atoms with E-state index in [1.54, 1.807) is 12.1 Å². The normalized spacial score (nSPS) is 10.2. The van der Waals surface area contributed by atoms with Crippen LogP contribution in [0, 0.1) is 17.1 Å². The summed E-state index contributed by atoms with van der Waals surface area (Å²) < 4.78 is 18.7. The number of nitriles is 1. The lowest BCUT2D eigenvalue weighted by Crippen LogP contribution is -1.93. The van der Waals surface area contributed by atoms with Crippen molar-refractivity contribution in [2.24, 2.45) is 0 Å². The van der Waals surface area contributed by atoms with Gasteiger partial charge in [0.15, 0.2) is 0 Å². The van der Waals surface area contributed by atoms with Crippen LogP contribution in [-0.2, 0) is 0 Å². The van der Waals surface area contributed by atoms with Crippen molar-refractivity contribution in [3.8, 4) is 17.7 Å². The number of aromatic nitrogens is 1. The zero-order valence-corrected chi connectivity index (χ0v) is 10.4. The predicted octanol–water partition coefficient (Wildman–Crippen LogP) is 4.04. The van der Waals surface area contributed by atoms with Crippen LogP contribution in [0.5, 0.6) is 11.6 Å². The first-order chi connectivity index (χ1) is 9.76. The van der Waals surface area contributed by atoms with Gasteiger partial charge in [0, 0.05) is 11.5 Å². The van der Waals surface area contributed by atoms with Crippen molar-refractivity contribution in [3.63, 3.8) is 0 Å². The Morgan fingerprint density at radius 1 is 1.05 bits per heavy atom. The van der Waals surface area contributed by atoms with E-state index in [1.165, 1.54) is 18.2 Å². The number of hydrogen-bond acceptors (Lipinski definition) is 3. The van der Waals surface area contributed by atoms with Crippen molar-refractivity contribution >= 4 is 10.9 Å². The maximum absolute atomic E-state index is 13.1. The zero-order chi connectivity index (χ0) is 13.9. The number of rotatable bonds is 2. The van der Waals surface area contributed by atoms with E-state index in [2.05, 4.69) is 4.98 Å². The van der Waals surface area contributed by atoms with Crippen molar-refractivity contribution < 1.29 is 9.13 Å². The molecule has 20 heavy (non-hydrogen) atoms. The van der Waals surface area contributed by atoms with E-state index < -0.39 is 5.82 Å². The molecule has 3 nitrogen and oxygen atoms in total. The number of pyridine rings is 1. The summed E-state index contributed by atoms with van der Waals surface area (Å²) in [5.41, 5.74) is 1.03. The Hall–Kier alpha value is -2.93. The van der Waals surface area contributed by atoms with Gasteiger partial charge in [-0.1, -0.05) is 24.3 Å². The summed E-state index contributed by atoms with van der Waals surface area (Å²) in [6.07, 6.45) is 0. The monoisotopic (exact) mass is 264 g/mol. The maximum atomic E-state index is 13.1. The third-order valence-corrected chi connectivity index (χ3v) is 2.82. The first-order valence-corrected chi connectivity index (χ1v) is 5.99. The van der Waals surface area contributed by atoms with E-state index in [9.17, 15) is 4.39 Å². The Kier molecular flexibility index (Phi) is 3.02. The molecule has 1 aromatic heterocycles. The lowest BCUT2D eigenvalue weighted by atomic mass is 10.1. The Labute approximate surface area is 114 Å². The minimum atomic E-state index is -0.401. The molecule has 0 spiro atoms. The molecule has 3 aromatic rings. The fourth-order valence-electron chi connectivity index (χ4n) is 1.90. The number of fused-ring (bicyclic) bond motifs is 1. The highest BCUT2D eigenvalue weighted by atomic mass is 19.1. The molecular weight excluding hydrogens is 255 g/mol. The summed E-state index contributed by atoms with van der Waals surface area (Å²) in [4.78, 5) is 4.30. The van der Waals surface area contributed by atoms with Gasteiger partial charge in [-0.2, -0.15) is 5.26 Å². The van der Waals surface area contributed by atoms with E-state index in [-0.39, 0.29) is 5.88 Å². The molecule has 0 saturated carbocycles. The van der Waals surface area contributed by atoms with Crippen LogP contribution in [0.15, 0.2) is 54.6 Å². The Bertz CT molecular complexity index is 824. The molecule has 2 aromatic carbocycles. The van der Waals surface area contributed by atoms with Crippen LogP contribution in [0.25, 0.3) is 10.9 Å². The average Bonchev–Trinajstić information content (AvgIpc) is 2.46. The quantitative estimate of drug-likeness (QED) is 0.701. The van der Waals surface area contributed by atoms with Gasteiger partial charge in [0.2, 0.25) is 5.88 Å². The van der Waals surface area contributed by atoms with Crippen LogP contribution >= 0.6 is 0 Å². The van der Waals surface area contributed by atoms with Gasteiger partial charge in [-0.05, 0) is 24.3 Å². The number of para-hydroxylation sites is 1. The minimum Gasteiger partial charge on any atom is -0.438 e. The Balaban J connectivity index is 2.08. The van der Waals surface area contributed by atoms with Gasteiger partial charge in [-0.15, -0.1) is 0 Å². The molecule has 96 valence electrons. The molecule has 0 aliphatic rings. The molecule has 0 radical (unpaired) electrons. The molecule has 0 aliphatic carbocycles. The summed E-state index contributed by atoms with van der Waals surface area (Å²) in [6, 6.07) is 16.9. The van der Waals surface area contributed by atoms with Crippen molar-refractivity contribution in [3.05, 3.63) is 66.0 Å². The molecule has 0 aliphatic heterocycles. The fourth-order valence-corrected chi connectivity index (χ4v) is 1.90. The van der Waals surface area contributed by atoms with Gasteiger partial charge < -0.3 is 4.74 Å². The van der Waals surface area contributed by atoms with E-state index >= 15 is 0 Å². The van der Waals surface area contributed by atoms with Crippen molar-refractivity contribution in [1.29, 1.82) is 5.26 Å². The van der Waals surface area contributed by atoms with Crippen LogP contribution in [0.2, 0.25) is 0 Å². The maximum Gasteiger partial charge on any atom is 0.237 e. The molecule has 3 rings (SSSR count). The lowest BCUT2D eigenvalue weighted by molar-refractivity contribution is 0.458. The number of benzene rings is 2. The van der Waals surface area contributed by atoms with E-state index in [4.69, 9.17) is 10.00 Å². The summed E-state index contributed by atoms with van der Waals surface area (Å²) >= 11 is 0. The lowest BCUT2D eigenvalue weighted by Gasteiger charge is -2.07. The van der Waals surface area contributed by atoms with Gasteiger partial charge in [0.05, 0.1) is 5.52 Å². The molecule has 0 saturated heterocycles. The highest BCUT2D eigenvalue weighted by molar-refractivity contribution is 5.80. The standard InChI is InChI=1S/C16H9FN2O/c17-13-5-3-6-14(9-13)20-16-12(10-18)8-11-4-1-2-7-15(11)19-16/h1-9H. The number of hydrogen-bond donors (Lipinski definition) is 0. The summed E-state index contributed by atoms with van der Waals surface area (Å²) in [6.45, 7) is 0. The van der Waals surface area contributed by atoms with Crippen LogP contribution in [0.3, 0.4) is 0 Å². The van der Waals surface area contributed by atoms with Crippen molar-refractivity contribution in [2.45, 2.75) is 0 Å². The van der Waals surface area contributed by atoms with E-state index in [1.807, 2.05) is 30.3 Å². The largest absolute Gasteiger partial charge is 0.438 e. The minimum absolute atomic E-state index is 0.178. The SMILES string of the molecule is N#Cc1cc2ccccc2nc1Oc1cccc(F)c1. The van der Waals surface area contributed by atoms with E-state index in [0.29, 0.717) is 11.3 Å². The fraction of sp³-hybridized carbons (Fsp3) is 0. The predicted molar refractivity (Wildman–Crippen MR) is 72.9 cm³/mol. The number of nitrogens with zero attached hydrogens (tertiary/aromatic N) is 2. The second kappa shape index (κ2) is 4.98. The first-order valence-electron chi connectivity index (χ1n) is 5.99. The second-order valence-corrected chi connectivity index (χ2v) is 4.21. The van der Waals surface area contributed by atoms with Crippen molar-refractivity contribution in [1.82, 2.24) is 4.98 Å². The van der Waals surface area contributed by atoms with Gasteiger partial charge in [-0.25, -0.2) is 9.37 Å². The van der Waals surface area contributed by atoms with Gasteiger partial charge in [0.1, 0.15) is 23.2 Å². The van der Waals surface area contributed by atoms with Gasteiger partial charge in [0.25, 0.3) is 0 Å². The van der Waals surface area contributed by atoms with Crippen LogP contribution < -0.4 is 4.74 Å². The molecular formula is C16H9FN2O. The molecule has 1 heterocycles. The summed E-state index contributed by atoms with van der Waals surface area (Å²) in [7, 11) is 0. The smallest absolute Gasteiger partial charge is 0.237 e. The average molecular weight is 264 g/mol. The molecule has 0 amide bonds. The van der Waals surface area contributed by atoms with Crippen LogP contribution in [0.1, 0.15) is 5.56 Å². The number of ether oxygens (including phenoxy) is 1. The van der Waals surface area contributed by atoms with Gasteiger partial charge in [-0.3, -0.25) is 0 Å². The molecule has 0 unspecified atom stereocenters. The second-order valence-electron chi connectivity index (χ2n) is 4.21. The zero-order valence-electron chi connectivity index (χ0n) is 10.4. The molecule has 0 N–H and O–H groups in total. The first kappa shape index (κ1) is 12.1. The molecule has 0 bridgehead atoms. The van der Waals surface area contributed by atoms with Crippen molar-refractivity contribution in [2.75, 3.05) is 0 Å². The molecule has 0 fully saturated rings. The molecule has 4 heteroatoms. The Morgan fingerprint density at radius 3 is 2.70 bits per heavy atom. The third kappa shape index (κ3) is 2.29. The van der Waals surface area contributed by atoms with Crippen LogP contribution in [-0.4, -0.2) is 4.98 Å². The third-order valence-electron chi connectivity index (χ3n) is 2.82.